The summed E-state index contributed by atoms with van der Waals surface area (Å²) < 4.78 is 0. The van der Waals surface area contributed by atoms with Crippen LogP contribution in [0.4, 0.5) is 0 Å². The zero-order chi connectivity index (χ0) is 10.3. The SMILES string of the molecule is O=C1Cc2ccccc2C2=C1CCNN2. The van der Waals surface area contributed by atoms with Crippen molar-refractivity contribution in [2.45, 2.75) is 12.8 Å². The summed E-state index contributed by atoms with van der Waals surface area (Å²) in [6.07, 6.45) is 1.38. The Morgan fingerprint density at radius 2 is 2.07 bits per heavy atom. The monoisotopic (exact) mass is 200 g/mol. The van der Waals surface area contributed by atoms with Gasteiger partial charge in [0.1, 0.15) is 0 Å². The number of carbonyl (C=O) groups is 1. The first-order valence-corrected chi connectivity index (χ1v) is 5.20. The first kappa shape index (κ1) is 8.68. The predicted molar refractivity (Wildman–Crippen MR) is 57.8 cm³/mol. The third-order valence-corrected chi connectivity index (χ3v) is 2.99. The number of ketones is 1. The molecule has 2 N–H and O–H groups in total. The van der Waals surface area contributed by atoms with Gasteiger partial charge in [0.15, 0.2) is 5.78 Å². The number of rotatable bonds is 0. The van der Waals surface area contributed by atoms with E-state index in [1.807, 2.05) is 18.2 Å². The Balaban J connectivity index is 2.20. The maximum atomic E-state index is 11.9. The number of fused-ring (bicyclic) bond motifs is 2. The lowest BCUT2D eigenvalue weighted by molar-refractivity contribution is -0.115. The Bertz CT molecular complexity index is 462. The molecule has 3 rings (SSSR count). The van der Waals surface area contributed by atoms with Crippen LogP contribution in [0.15, 0.2) is 29.8 Å². The normalized spacial score (nSPS) is 19.3. The maximum absolute atomic E-state index is 11.9. The Kier molecular flexibility index (Phi) is 1.86. The summed E-state index contributed by atoms with van der Waals surface area (Å²) in [5.74, 6) is 0.262. The first-order valence-electron chi connectivity index (χ1n) is 5.20. The molecule has 76 valence electrons. The molecule has 1 aromatic rings. The first-order chi connectivity index (χ1) is 7.36. The van der Waals surface area contributed by atoms with Crippen LogP contribution in [-0.2, 0) is 11.2 Å². The van der Waals surface area contributed by atoms with Crippen molar-refractivity contribution in [1.29, 1.82) is 0 Å². The fourth-order valence-electron chi connectivity index (χ4n) is 2.25. The molecule has 0 saturated heterocycles. The summed E-state index contributed by atoms with van der Waals surface area (Å²) in [7, 11) is 0. The molecule has 0 saturated carbocycles. The molecule has 0 bridgehead atoms. The minimum atomic E-state index is 0.262. The van der Waals surface area contributed by atoms with Crippen molar-refractivity contribution in [2.75, 3.05) is 6.54 Å². The molecule has 0 amide bonds. The van der Waals surface area contributed by atoms with Gasteiger partial charge < -0.3 is 5.43 Å². The molecule has 15 heavy (non-hydrogen) atoms. The highest BCUT2D eigenvalue weighted by atomic mass is 16.1. The number of carbonyl (C=O) groups excluding carboxylic acids is 1. The topological polar surface area (TPSA) is 41.1 Å². The lowest BCUT2D eigenvalue weighted by Gasteiger charge is -2.27. The van der Waals surface area contributed by atoms with E-state index in [2.05, 4.69) is 16.9 Å². The fraction of sp³-hybridized carbons (Fsp3) is 0.250. The zero-order valence-corrected chi connectivity index (χ0v) is 8.34. The lowest BCUT2D eigenvalue weighted by Crippen LogP contribution is -2.39. The Morgan fingerprint density at radius 1 is 1.20 bits per heavy atom. The van der Waals surface area contributed by atoms with Crippen LogP contribution in [0.5, 0.6) is 0 Å². The van der Waals surface area contributed by atoms with Gasteiger partial charge in [-0.3, -0.25) is 4.79 Å². The van der Waals surface area contributed by atoms with Crippen LogP contribution in [0.25, 0.3) is 5.70 Å². The van der Waals surface area contributed by atoms with E-state index in [9.17, 15) is 4.79 Å². The molecular formula is C12H12N2O. The van der Waals surface area contributed by atoms with E-state index >= 15 is 0 Å². The molecule has 0 spiro atoms. The Hall–Kier alpha value is -1.61. The number of nitrogens with one attached hydrogen (secondary N) is 2. The van der Waals surface area contributed by atoms with E-state index in [-0.39, 0.29) is 5.78 Å². The van der Waals surface area contributed by atoms with E-state index in [0.29, 0.717) is 6.42 Å². The lowest BCUT2D eigenvalue weighted by atomic mass is 9.86. The van der Waals surface area contributed by atoms with Gasteiger partial charge in [-0.1, -0.05) is 24.3 Å². The van der Waals surface area contributed by atoms with Gasteiger partial charge in [0.2, 0.25) is 0 Å². The van der Waals surface area contributed by atoms with Crippen molar-refractivity contribution in [2.24, 2.45) is 0 Å². The summed E-state index contributed by atoms with van der Waals surface area (Å²) in [6, 6.07) is 8.08. The predicted octanol–water partition coefficient (Wildman–Crippen LogP) is 1.02. The van der Waals surface area contributed by atoms with Gasteiger partial charge in [-0.2, -0.15) is 0 Å². The molecule has 0 atom stereocenters. The molecule has 1 aliphatic carbocycles. The largest absolute Gasteiger partial charge is 0.320 e. The van der Waals surface area contributed by atoms with Crippen molar-refractivity contribution in [3.8, 4) is 0 Å². The van der Waals surface area contributed by atoms with Crippen molar-refractivity contribution >= 4 is 11.5 Å². The zero-order valence-electron chi connectivity index (χ0n) is 8.34. The molecule has 0 aromatic heterocycles. The number of Topliss-reactive ketones (excluding diaryl/α,β-unsaturated/α-hetero) is 1. The summed E-state index contributed by atoms with van der Waals surface area (Å²) in [5, 5.41) is 0. The van der Waals surface area contributed by atoms with Crippen molar-refractivity contribution in [3.63, 3.8) is 0 Å². The summed E-state index contributed by atoms with van der Waals surface area (Å²) >= 11 is 0. The van der Waals surface area contributed by atoms with Gasteiger partial charge in [0.25, 0.3) is 0 Å². The van der Waals surface area contributed by atoms with Crippen LogP contribution in [0.1, 0.15) is 17.5 Å². The Morgan fingerprint density at radius 3 is 3.00 bits per heavy atom. The van der Waals surface area contributed by atoms with E-state index in [1.54, 1.807) is 0 Å². The average Bonchev–Trinajstić information content (AvgIpc) is 2.30. The van der Waals surface area contributed by atoms with E-state index in [4.69, 9.17) is 0 Å². The second kappa shape index (κ2) is 3.21. The van der Waals surface area contributed by atoms with E-state index < -0.39 is 0 Å². The highest BCUT2D eigenvalue weighted by molar-refractivity contribution is 6.06. The highest BCUT2D eigenvalue weighted by Crippen LogP contribution is 2.29. The molecule has 0 fully saturated rings. The molecule has 3 heteroatoms. The maximum Gasteiger partial charge on any atom is 0.165 e. The summed E-state index contributed by atoms with van der Waals surface area (Å²) in [6.45, 7) is 0.826. The van der Waals surface area contributed by atoms with Crippen LogP contribution >= 0.6 is 0 Å². The third-order valence-electron chi connectivity index (χ3n) is 2.99. The minimum absolute atomic E-state index is 0.262. The smallest absolute Gasteiger partial charge is 0.165 e. The van der Waals surface area contributed by atoms with Crippen LogP contribution in [0, 0.1) is 0 Å². The molecule has 0 radical (unpaired) electrons. The number of hydrazine groups is 1. The second-order valence-electron chi connectivity index (χ2n) is 3.91. The van der Waals surface area contributed by atoms with Gasteiger partial charge in [-0.25, -0.2) is 5.43 Å². The molecule has 3 nitrogen and oxygen atoms in total. The van der Waals surface area contributed by atoms with Gasteiger partial charge in [-0.15, -0.1) is 0 Å². The van der Waals surface area contributed by atoms with Crippen LogP contribution in [0.2, 0.25) is 0 Å². The number of benzene rings is 1. The molecule has 2 aliphatic rings. The van der Waals surface area contributed by atoms with Crippen molar-refractivity contribution in [3.05, 3.63) is 41.0 Å². The van der Waals surface area contributed by atoms with Gasteiger partial charge in [0, 0.05) is 24.1 Å². The van der Waals surface area contributed by atoms with Crippen LogP contribution in [0.3, 0.4) is 0 Å². The Labute approximate surface area is 88.2 Å². The fourth-order valence-corrected chi connectivity index (χ4v) is 2.25. The van der Waals surface area contributed by atoms with Gasteiger partial charge in [0.05, 0.1) is 5.70 Å². The van der Waals surface area contributed by atoms with E-state index in [1.165, 1.54) is 5.56 Å². The van der Waals surface area contributed by atoms with Crippen LogP contribution in [-0.4, -0.2) is 12.3 Å². The van der Waals surface area contributed by atoms with Crippen molar-refractivity contribution in [1.82, 2.24) is 10.9 Å². The number of hydrogen-bond donors (Lipinski definition) is 2. The summed E-state index contributed by atoms with van der Waals surface area (Å²) in [5.41, 5.74) is 10.4. The van der Waals surface area contributed by atoms with Crippen LogP contribution < -0.4 is 10.9 Å². The van der Waals surface area contributed by atoms with Crippen molar-refractivity contribution < 1.29 is 4.79 Å². The van der Waals surface area contributed by atoms with E-state index in [0.717, 1.165) is 29.8 Å². The third kappa shape index (κ3) is 1.27. The minimum Gasteiger partial charge on any atom is -0.320 e. The van der Waals surface area contributed by atoms with Gasteiger partial charge in [-0.05, 0) is 12.0 Å². The summed E-state index contributed by atoms with van der Waals surface area (Å²) in [4.78, 5) is 11.9. The molecule has 1 aromatic carbocycles. The quantitative estimate of drug-likeness (QED) is 0.657. The average molecular weight is 200 g/mol. The highest BCUT2D eigenvalue weighted by Gasteiger charge is 2.26. The molecule has 0 unspecified atom stereocenters. The second-order valence-corrected chi connectivity index (χ2v) is 3.91. The molecule has 1 heterocycles. The standard InChI is InChI=1S/C12H12N2O/c15-11-7-8-3-1-2-4-9(8)12-10(11)5-6-13-14-12/h1-4,13-14H,5-7H2. The number of hydrogen-bond acceptors (Lipinski definition) is 3. The van der Waals surface area contributed by atoms with Gasteiger partial charge >= 0.3 is 0 Å². The molecule has 1 aliphatic heterocycles. The molecular weight excluding hydrogens is 188 g/mol.